The van der Waals surface area contributed by atoms with Gasteiger partial charge in [0.2, 0.25) is 5.88 Å². The average molecular weight is 429 g/mol. The van der Waals surface area contributed by atoms with E-state index in [1.54, 1.807) is 25.3 Å². The Morgan fingerprint density at radius 2 is 1.94 bits per heavy atom. The van der Waals surface area contributed by atoms with E-state index in [0.29, 0.717) is 31.3 Å². The molecule has 0 spiro atoms. The Hall–Kier alpha value is -4.07. The van der Waals surface area contributed by atoms with E-state index in [2.05, 4.69) is 15.0 Å². The number of hydrogen-bond donors (Lipinski definition) is 1. The van der Waals surface area contributed by atoms with Gasteiger partial charge in [0.25, 0.3) is 0 Å². The normalized spacial score (nSPS) is 13.8. The standard InChI is InChI=1S/C24H23N5O3/c1-31-17-5-3-4-16(14-17)15-28-12-13-29(24(28)30)21-7-6-20(23(27-21)32-2)18-8-10-25-22-19(18)9-11-26-22/h3-11,14H,12-13,15H2,1-2H3,(H,25,26). The molecule has 1 N–H and O–H groups in total. The molecule has 1 aliphatic rings. The van der Waals surface area contributed by atoms with E-state index in [9.17, 15) is 4.79 Å². The molecule has 1 aliphatic heterocycles. The lowest BCUT2D eigenvalue weighted by molar-refractivity contribution is 0.218. The van der Waals surface area contributed by atoms with Gasteiger partial charge < -0.3 is 19.4 Å². The maximum absolute atomic E-state index is 13.1. The quantitative estimate of drug-likeness (QED) is 0.499. The van der Waals surface area contributed by atoms with Crippen LogP contribution in [-0.4, -0.2) is 53.2 Å². The van der Waals surface area contributed by atoms with Crippen LogP contribution in [0.5, 0.6) is 11.6 Å². The summed E-state index contributed by atoms with van der Waals surface area (Å²) in [6.07, 6.45) is 3.61. The molecule has 32 heavy (non-hydrogen) atoms. The van der Waals surface area contributed by atoms with Gasteiger partial charge in [-0.15, -0.1) is 0 Å². The summed E-state index contributed by atoms with van der Waals surface area (Å²) in [5.41, 5.74) is 3.65. The molecule has 3 aromatic heterocycles. The van der Waals surface area contributed by atoms with E-state index in [1.165, 1.54) is 0 Å². The number of hydrogen-bond acceptors (Lipinski definition) is 5. The first-order valence-electron chi connectivity index (χ1n) is 10.3. The molecule has 4 aromatic rings. The summed E-state index contributed by atoms with van der Waals surface area (Å²) in [4.78, 5) is 28.7. The number of fused-ring (bicyclic) bond motifs is 1. The second-order valence-corrected chi connectivity index (χ2v) is 7.53. The van der Waals surface area contributed by atoms with Crippen molar-refractivity contribution >= 4 is 22.9 Å². The van der Waals surface area contributed by atoms with Gasteiger partial charge in [-0.2, -0.15) is 4.98 Å². The Kier molecular flexibility index (Phi) is 5.10. The van der Waals surface area contributed by atoms with Crippen molar-refractivity contribution in [1.29, 1.82) is 0 Å². The van der Waals surface area contributed by atoms with Crippen LogP contribution in [-0.2, 0) is 6.54 Å². The first-order valence-corrected chi connectivity index (χ1v) is 10.3. The lowest BCUT2D eigenvalue weighted by atomic mass is 10.1. The second-order valence-electron chi connectivity index (χ2n) is 7.53. The fraction of sp³-hybridized carbons (Fsp3) is 0.208. The van der Waals surface area contributed by atoms with E-state index in [-0.39, 0.29) is 6.03 Å². The Balaban J connectivity index is 1.40. The molecule has 0 bridgehead atoms. The van der Waals surface area contributed by atoms with Crippen LogP contribution >= 0.6 is 0 Å². The van der Waals surface area contributed by atoms with Crippen molar-refractivity contribution in [3.63, 3.8) is 0 Å². The second kappa shape index (κ2) is 8.22. The predicted octanol–water partition coefficient (Wildman–Crippen LogP) is 4.08. The molecule has 8 nitrogen and oxygen atoms in total. The lowest BCUT2D eigenvalue weighted by Gasteiger charge is -2.19. The molecule has 8 heteroatoms. The van der Waals surface area contributed by atoms with E-state index in [1.807, 2.05) is 59.6 Å². The fourth-order valence-corrected chi connectivity index (χ4v) is 4.07. The number of H-pyrrole nitrogens is 1. The molecule has 1 saturated heterocycles. The highest BCUT2D eigenvalue weighted by Gasteiger charge is 2.31. The highest BCUT2D eigenvalue weighted by molar-refractivity contribution is 5.96. The Labute approximate surface area is 185 Å². The summed E-state index contributed by atoms with van der Waals surface area (Å²) in [7, 11) is 3.23. The molecule has 1 aromatic carbocycles. The molecule has 0 saturated carbocycles. The Morgan fingerprint density at radius 1 is 1.03 bits per heavy atom. The highest BCUT2D eigenvalue weighted by atomic mass is 16.5. The number of aromatic nitrogens is 3. The zero-order valence-electron chi connectivity index (χ0n) is 17.9. The number of anilines is 1. The molecule has 0 radical (unpaired) electrons. The molecule has 162 valence electrons. The number of carbonyl (C=O) groups is 1. The smallest absolute Gasteiger partial charge is 0.326 e. The molecule has 5 rings (SSSR count). The Morgan fingerprint density at radius 3 is 2.78 bits per heavy atom. The van der Waals surface area contributed by atoms with Crippen molar-refractivity contribution < 1.29 is 14.3 Å². The van der Waals surface area contributed by atoms with Crippen LogP contribution in [0.15, 0.2) is 60.9 Å². The molecule has 0 unspecified atom stereocenters. The highest BCUT2D eigenvalue weighted by Crippen LogP contribution is 2.35. The molecule has 0 aliphatic carbocycles. The number of carbonyl (C=O) groups excluding carboxylic acids is 1. The minimum atomic E-state index is -0.0768. The summed E-state index contributed by atoms with van der Waals surface area (Å²) >= 11 is 0. The maximum Gasteiger partial charge on any atom is 0.326 e. The van der Waals surface area contributed by atoms with Gasteiger partial charge in [0.05, 0.1) is 14.2 Å². The van der Waals surface area contributed by atoms with Crippen LogP contribution in [0, 0.1) is 0 Å². The van der Waals surface area contributed by atoms with Gasteiger partial charge in [0, 0.05) is 43.0 Å². The topological polar surface area (TPSA) is 83.6 Å². The minimum absolute atomic E-state index is 0.0768. The van der Waals surface area contributed by atoms with E-state index in [4.69, 9.17) is 9.47 Å². The van der Waals surface area contributed by atoms with Crippen LogP contribution < -0.4 is 14.4 Å². The number of amides is 2. The van der Waals surface area contributed by atoms with Crippen LogP contribution in [0.3, 0.4) is 0 Å². The number of nitrogens with one attached hydrogen (secondary N) is 1. The van der Waals surface area contributed by atoms with Gasteiger partial charge >= 0.3 is 6.03 Å². The van der Waals surface area contributed by atoms with Crippen LogP contribution in [0.25, 0.3) is 22.2 Å². The van der Waals surface area contributed by atoms with Gasteiger partial charge in [-0.25, -0.2) is 9.78 Å². The van der Waals surface area contributed by atoms with Crippen molar-refractivity contribution in [2.24, 2.45) is 0 Å². The number of ether oxygens (including phenoxy) is 2. The number of rotatable bonds is 6. The van der Waals surface area contributed by atoms with E-state index >= 15 is 0 Å². The average Bonchev–Trinajstić information content (AvgIpc) is 3.46. The number of pyridine rings is 2. The van der Waals surface area contributed by atoms with Crippen LogP contribution in [0.2, 0.25) is 0 Å². The zero-order valence-corrected chi connectivity index (χ0v) is 17.9. The third-order valence-corrected chi connectivity index (χ3v) is 5.67. The lowest BCUT2D eigenvalue weighted by Crippen LogP contribution is -2.32. The predicted molar refractivity (Wildman–Crippen MR) is 122 cm³/mol. The van der Waals surface area contributed by atoms with Gasteiger partial charge in [0.15, 0.2) is 0 Å². The summed E-state index contributed by atoms with van der Waals surface area (Å²) < 4.78 is 10.9. The van der Waals surface area contributed by atoms with Crippen molar-refractivity contribution in [3.8, 4) is 22.8 Å². The minimum Gasteiger partial charge on any atom is -0.497 e. The molecule has 0 atom stereocenters. The summed E-state index contributed by atoms with van der Waals surface area (Å²) in [6.45, 7) is 1.70. The number of aromatic amines is 1. The van der Waals surface area contributed by atoms with Gasteiger partial charge in [-0.05, 0) is 47.5 Å². The largest absolute Gasteiger partial charge is 0.497 e. The SMILES string of the molecule is COc1cccc(CN2CCN(c3ccc(-c4ccnc5[nH]ccc45)c(OC)n3)C2=O)c1. The molecule has 1 fully saturated rings. The van der Waals surface area contributed by atoms with E-state index < -0.39 is 0 Å². The molecule has 4 heterocycles. The number of nitrogens with zero attached hydrogens (tertiary/aromatic N) is 4. The van der Waals surface area contributed by atoms with Crippen molar-refractivity contribution in [2.45, 2.75) is 6.54 Å². The van der Waals surface area contributed by atoms with Crippen molar-refractivity contribution in [1.82, 2.24) is 19.9 Å². The zero-order chi connectivity index (χ0) is 22.1. The summed E-state index contributed by atoms with van der Waals surface area (Å²) in [5.74, 6) is 1.82. The van der Waals surface area contributed by atoms with Crippen LogP contribution in [0.1, 0.15) is 5.56 Å². The van der Waals surface area contributed by atoms with E-state index in [0.717, 1.165) is 33.5 Å². The molecule has 2 amide bonds. The maximum atomic E-state index is 13.1. The Bertz CT molecular complexity index is 1290. The van der Waals surface area contributed by atoms with Gasteiger partial charge in [-0.3, -0.25) is 4.90 Å². The summed E-state index contributed by atoms with van der Waals surface area (Å²) in [5, 5.41) is 0.988. The van der Waals surface area contributed by atoms with Gasteiger partial charge in [0.1, 0.15) is 17.2 Å². The molecular formula is C24H23N5O3. The third kappa shape index (κ3) is 3.49. The van der Waals surface area contributed by atoms with Crippen molar-refractivity contribution in [2.75, 3.05) is 32.2 Å². The third-order valence-electron chi connectivity index (χ3n) is 5.67. The van der Waals surface area contributed by atoms with Crippen LogP contribution in [0.4, 0.5) is 10.6 Å². The number of urea groups is 1. The monoisotopic (exact) mass is 429 g/mol. The first kappa shape index (κ1) is 19.9. The fourth-order valence-electron chi connectivity index (χ4n) is 4.07. The summed E-state index contributed by atoms with van der Waals surface area (Å²) in [6, 6.07) is 15.4. The number of methoxy groups -OCH3 is 2. The first-order chi connectivity index (χ1) is 15.7. The van der Waals surface area contributed by atoms with Crippen molar-refractivity contribution in [3.05, 3.63) is 66.5 Å². The van der Waals surface area contributed by atoms with Gasteiger partial charge in [-0.1, -0.05) is 12.1 Å². The number of benzene rings is 1. The molecular weight excluding hydrogens is 406 g/mol.